The monoisotopic (exact) mass is 367 g/mol. The fourth-order valence-corrected chi connectivity index (χ4v) is 4.10. The van der Waals surface area contributed by atoms with Crippen molar-refractivity contribution in [2.75, 3.05) is 33.4 Å². The minimum atomic E-state index is 0.524. The summed E-state index contributed by atoms with van der Waals surface area (Å²) in [4.78, 5) is 6.95. The largest absolute Gasteiger partial charge is 0.493 e. The van der Waals surface area contributed by atoms with Crippen LogP contribution in [0.1, 0.15) is 24.1 Å². The summed E-state index contributed by atoms with van der Waals surface area (Å²) in [5.41, 5.74) is 2.43. The molecule has 0 aliphatic carbocycles. The Morgan fingerprint density at radius 2 is 2.07 bits per heavy atom. The summed E-state index contributed by atoms with van der Waals surface area (Å²) in [6.45, 7) is 5.01. The third kappa shape index (κ3) is 4.60. The molecule has 0 saturated carbocycles. The van der Waals surface area contributed by atoms with Gasteiger partial charge in [0.1, 0.15) is 0 Å². The highest BCUT2D eigenvalue weighted by molar-refractivity contribution is 5.47. The number of rotatable bonds is 6. The van der Waals surface area contributed by atoms with Crippen molar-refractivity contribution in [1.29, 1.82) is 0 Å². The molecule has 0 amide bonds. The molecule has 2 aromatic rings. The number of benzene rings is 1. The van der Waals surface area contributed by atoms with E-state index >= 15 is 0 Å². The highest BCUT2D eigenvalue weighted by atomic mass is 16.5. The molecule has 0 spiro atoms. The molecule has 1 fully saturated rings. The topological polar surface area (TPSA) is 46.6 Å². The lowest BCUT2D eigenvalue weighted by Crippen LogP contribution is -2.44. The summed E-state index contributed by atoms with van der Waals surface area (Å²) in [6.07, 6.45) is 5.33. The predicted octanol–water partition coefficient (Wildman–Crippen LogP) is 2.90. The van der Waals surface area contributed by atoms with E-state index in [1.165, 1.54) is 18.4 Å². The average Bonchev–Trinajstić information content (AvgIpc) is 2.73. The molecule has 2 aliphatic rings. The molecular formula is C22H29N3O2. The van der Waals surface area contributed by atoms with Crippen LogP contribution in [0.15, 0.2) is 42.6 Å². The maximum atomic E-state index is 6.00. The van der Waals surface area contributed by atoms with Crippen molar-refractivity contribution in [3.63, 3.8) is 0 Å². The molecule has 1 saturated heterocycles. The van der Waals surface area contributed by atoms with E-state index in [1.807, 2.05) is 24.4 Å². The first kappa shape index (κ1) is 18.3. The maximum Gasteiger partial charge on any atom is 0.164 e. The van der Waals surface area contributed by atoms with Gasteiger partial charge in [-0.3, -0.25) is 9.88 Å². The van der Waals surface area contributed by atoms with E-state index in [0.29, 0.717) is 12.0 Å². The van der Waals surface area contributed by atoms with Gasteiger partial charge in [-0.05, 0) is 43.0 Å². The lowest BCUT2D eigenvalue weighted by atomic mass is 9.95. The average molecular weight is 367 g/mol. The van der Waals surface area contributed by atoms with Crippen LogP contribution in [0.5, 0.6) is 11.5 Å². The standard InChI is InChI=1S/C22H29N3O2/c1-26-21-7-4-5-18-13-17(16-27-22(18)21)14-24-19-8-11-25(12-9-19)15-20-6-2-3-10-23-20/h2-7,10,17,19,24H,8-9,11-16H2,1H3. The van der Waals surface area contributed by atoms with Gasteiger partial charge in [0, 0.05) is 44.3 Å². The van der Waals surface area contributed by atoms with Gasteiger partial charge in [0.05, 0.1) is 19.4 Å². The van der Waals surface area contributed by atoms with Gasteiger partial charge in [0.15, 0.2) is 11.5 Å². The molecule has 5 heteroatoms. The number of hydrogen-bond donors (Lipinski definition) is 1. The Bertz CT molecular complexity index is 730. The second-order valence-electron chi connectivity index (χ2n) is 7.61. The summed E-state index contributed by atoms with van der Waals surface area (Å²) in [5, 5.41) is 3.78. The van der Waals surface area contributed by atoms with E-state index in [-0.39, 0.29) is 0 Å². The molecule has 2 aliphatic heterocycles. The number of ether oxygens (including phenoxy) is 2. The van der Waals surface area contributed by atoms with E-state index in [2.05, 4.69) is 33.4 Å². The van der Waals surface area contributed by atoms with Crippen LogP contribution in [0.2, 0.25) is 0 Å². The van der Waals surface area contributed by atoms with Crippen LogP contribution >= 0.6 is 0 Å². The van der Waals surface area contributed by atoms with Crippen molar-refractivity contribution in [3.8, 4) is 11.5 Å². The molecule has 4 rings (SSSR count). The molecule has 144 valence electrons. The first-order valence-corrected chi connectivity index (χ1v) is 9.96. The fraction of sp³-hybridized carbons (Fsp3) is 0.500. The first-order valence-electron chi connectivity index (χ1n) is 9.96. The van der Waals surface area contributed by atoms with E-state index in [1.54, 1.807) is 7.11 Å². The first-order chi connectivity index (χ1) is 13.3. The Labute approximate surface area is 161 Å². The van der Waals surface area contributed by atoms with Crippen LogP contribution in [-0.2, 0) is 13.0 Å². The third-order valence-corrected chi connectivity index (χ3v) is 5.65. The molecule has 1 aromatic carbocycles. The fourth-order valence-electron chi connectivity index (χ4n) is 4.10. The number of fused-ring (bicyclic) bond motifs is 1. The van der Waals surface area contributed by atoms with Crippen molar-refractivity contribution in [2.45, 2.75) is 31.8 Å². The summed E-state index contributed by atoms with van der Waals surface area (Å²) in [6, 6.07) is 12.9. The van der Waals surface area contributed by atoms with E-state index in [9.17, 15) is 0 Å². The zero-order chi connectivity index (χ0) is 18.5. The molecule has 3 heterocycles. The second-order valence-corrected chi connectivity index (χ2v) is 7.61. The van der Waals surface area contributed by atoms with E-state index < -0.39 is 0 Å². The van der Waals surface area contributed by atoms with Crippen LogP contribution in [-0.4, -0.2) is 49.3 Å². The van der Waals surface area contributed by atoms with Gasteiger partial charge in [0.25, 0.3) is 0 Å². The summed E-state index contributed by atoms with van der Waals surface area (Å²) in [7, 11) is 1.70. The second kappa shape index (κ2) is 8.72. The van der Waals surface area contributed by atoms with Gasteiger partial charge in [-0.2, -0.15) is 0 Å². The van der Waals surface area contributed by atoms with Crippen LogP contribution in [0.25, 0.3) is 0 Å². The summed E-state index contributed by atoms with van der Waals surface area (Å²) < 4.78 is 11.4. The number of piperidine rings is 1. The van der Waals surface area contributed by atoms with Gasteiger partial charge < -0.3 is 14.8 Å². The number of nitrogens with one attached hydrogen (secondary N) is 1. The summed E-state index contributed by atoms with van der Waals surface area (Å²) >= 11 is 0. The van der Waals surface area contributed by atoms with Gasteiger partial charge in [-0.1, -0.05) is 18.2 Å². The Morgan fingerprint density at radius 1 is 1.19 bits per heavy atom. The Balaban J connectivity index is 1.21. The normalized spacial score (nSPS) is 20.7. The molecule has 0 bridgehead atoms. The van der Waals surface area contributed by atoms with Crippen molar-refractivity contribution in [3.05, 3.63) is 53.9 Å². The Kier molecular flexibility index (Phi) is 5.90. The highest BCUT2D eigenvalue weighted by Gasteiger charge is 2.24. The van der Waals surface area contributed by atoms with Crippen molar-refractivity contribution >= 4 is 0 Å². The minimum absolute atomic E-state index is 0.524. The van der Waals surface area contributed by atoms with Crippen LogP contribution in [0.3, 0.4) is 0 Å². The lowest BCUT2D eigenvalue weighted by Gasteiger charge is -2.34. The van der Waals surface area contributed by atoms with E-state index in [4.69, 9.17) is 9.47 Å². The Hall–Kier alpha value is -2.11. The quantitative estimate of drug-likeness (QED) is 0.851. The number of hydrogen-bond acceptors (Lipinski definition) is 5. The van der Waals surface area contributed by atoms with Crippen LogP contribution in [0, 0.1) is 5.92 Å². The van der Waals surface area contributed by atoms with Crippen LogP contribution in [0.4, 0.5) is 0 Å². The van der Waals surface area contributed by atoms with Gasteiger partial charge >= 0.3 is 0 Å². The Morgan fingerprint density at radius 3 is 2.85 bits per heavy atom. The van der Waals surface area contributed by atoms with Gasteiger partial charge in [0.2, 0.25) is 0 Å². The predicted molar refractivity (Wildman–Crippen MR) is 106 cm³/mol. The SMILES string of the molecule is COc1cccc2c1OCC(CNC1CCN(Cc3ccccn3)CC1)C2. The van der Waals surface area contributed by atoms with Crippen molar-refractivity contribution in [1.82, 2.24) is 15.2 Å². The molecule has 1 aromatic heterocycles. The molecule has 0 radical (unpaired) electrons. The molecule has 27 heavy (non-hydrogen) atoms. The number of methoxy groups -OCH3 is 1. The van der Waals surface area contributed by atoms with Crippen molar-refractivity contribution < 1.29 is 9.47 Å². The maximum absolute atomic E-state index is 6.00. The zero-order valence-corrected chi connectivity index (χ0v) is 16.1. The van der Waals surface area contributed by atoms with Gasteiger partial charge in [-0.15, -0.1) is 0 Å². The van der Waals surface area contributed by atoms with E-state index in [0.717, 1.165) is 56.4 Å². The van der Waals surface area contributed by atoms with Crippen LogP contribution < -0.4 is 14.8 Å². The number of aromatic nitrogens is 1. The molecule has 5 nitrogen and oxygen atoms in total. The number of nitrogens with zero attached hydrogens (tertiary/aromatic N) is 2. The minimum Gasteiger partial charge on any atom is -0.493 e. The zero-order valence-electron chi connectivity index (χ0n) is 16.1. The number of para-hydroxylation sites is 1. The third-order valence-electron chi connectivity index (χ3n) is 5.65. The molecular weight excluding hydrogens is 338 g/mol. The highest BCUT2D eigenvalue weighted by Crippen LogP contribution is 2.35. The molecule has 1 N–H and O–H groups in total. The smallest absolute Gasteiger partial charge is 0.164 e. The number of pyridine rings is 1. The molecule has 1 unspecified atom stereocenters. The number of likely N-dealkylation sites (tertiary alicyclic amines) is 1. The van der Waals surface area contributed by atoms with Gasteiger partial charge in [-0.25, -0.2) is 0 Å². The van der Waals surface area contributed by atoms with Crippen molar-refractivity contribution in [2.24, 2.45) is 5.92 Å². The molecule has 1 atom stereocenters. The summed E-state index contributed by atoms with van der Waals surface area (Å²) in [5.74, 6) is 2.30. The lowest BCUT2D eigenvalue weighted by molar-refractivity contribution is 0.172.